The van der Waals surface area contributed by atoms with E-state index in [4.69, 9.17) is 4.74 Å². The second kappa shape index (κ2) is 9.40. The standard InChI is InChI=1S/C23H30N2O3/c1-15(2)20-8-7-9-21(16(3)4)23(20)25(17(5)26)14-22(27)24-18-10-12-19(28-6)13-11-18/h7-13,15-16H,14H2,1-6H3,(H,24,27). The zero-order valence-corrected chi connectivity index (χ0v) is 17.6. The summed E-state index contributed by atoms with van der Waals surface area (Å²) in [5.41, 5.74) is 3.65. The number of hydrogen-bond donors (Lipinski definition) is 1. The number of anilines is 2. The van der Waals surface area contributed by atoms with Crippen LogP contribution in [0, 0.1) is 0 Å². The number of amides is 2. The number of carbonyl (C=O) groups is 2. The summed E-state index contributed by atoms with van der Waals surface area (Å²) in [7, 11) is 1.59. The quantitative estimate of drug-likeness (QED) is 0.738. The van der Waals surface area contributed by atoms with Crippen LogP contribution in [0.15, 0.2) is 42.5 Å². The lowest BCUT2D eigenvalue weighted by molar-refractivity contribution is -0.120. The Kier molecular flexibility index (Phi) is 7.21. The maximum atomic E-state index is 12.7. The molecule has 0 aliphatic rings. The Morgan fingerprint density at radius 3 is 1.93 bits per heavy atom. The average Bonchev–Trinajstić information content (AvgIpc) is 2.65. The third-order valence-corrected chi connectivity index (χ3v) is 4.67. The smallest absolute Gasteiger partial charge is 0.244 e. The van der Waals surface area contributed by atoms with Crippen molar-refractivity contribution in [2.45, 2.75) is 46.5 Å². The largest absolute Gasteiger partial charge is 0.497 e. The molecule has 5 nitrogen and oxygen atoms in total. The molecule has 0 atom stereocenters. The van der Waals surface area contributed by atoms with E-state index in [1.165, 1.54) is 6.92 Å². The van der Waals surface area contributed by atoms with E-state index < -0.39 is 0 Å². The van der Waals surface area contributed by atoms with Crippen molar-refractivity contribution in [2.24, 2.45) is 0 Å². The van der Waals surface area contributed by atoms with Gasteiger partial charge in [-0.05, 0) is 47.2 Å². The van der Waals surface area contributed by atoms with Crippen LogP contribution in [0.4, 0.5) is 11.4 Å². The van der Waals surface area contributed by atoms with Crippen LogP contribution in [-0.4, -0.2) is 25.5 Å². The molecule has 2 aromatic rings. The summed E-state index contributed by atoms with van der Waals surface area (Å²) in [6.45, 7) is 9.85. The molecule has 0 spiro atoms. The predicted molar refractivity (Wildman–Crippen MR) is 114 cm³/mol. The molecule has 150 valence electrons. The number of nitrogens with zero attached hydrogens (tertiary/aromatic N) is 1. The Morgan fingerprint density at radius 2 is 1.50 bits per heavy atom. The molecule has 28 heavy (non-hydrogen) atoms. The Balaban J connectivity index is 2.32. The molecule has 0 unspecified atom stereocenters. The molecule has 0 fully saturated rings. The van der Waals surface area contributed by atoms with Crippen LogP contribution >= 0.6 is 0 Å². The summed E-state index contributed by atoms with van der Waals surface area (Å²) in [5.74, 6) is 0.796. The van der Waals surface area contributed by atoms with Gasteiger partial charge in [0.2, 0.25) is 11.8 Å². The monoisotopic (exact) mass is 382 g/mol. The summed E-state index contributed by atoms with van der Waals surface area (Å²) in [6, 6.07) is 13.2. The van der Waals surface area contributed by atoms with Crippen molar-refractivity contribution in [2.75, 3.05) is 23.9 Å². The van der Waals surface area contributed by atoms with Crippen molar-refractivity contribution < 1.29 is 14.3 Å². The van der Waals surface area contributed by atoms with Crippen molar-refractivity contribution in [3.63, 3.8) is 0 Å². The molecule has 5 heteroatoms. The summed E-state index contributed by atoms with van der Waals surface area (Å²) in [6.07, 6.45) is 0. The van der Waals surface area contributed by atoms with Crippen molar-refractivity contribution in [1.82, 2.24) is 0 Å². The fourth-order valence-electron chi connectivity index (χ4n) is 3.19. The van der Waals surface area contributed by atoms with Crippen molar-refractivity contribution in [3.05, 3.63) is 53.6 Å². The first kappa shape index (κ1) is 21.5. The van der Waals surface area contributed by atoms with Gasteiger partial charge in [-0.3, -0.25) is 9.59 Å². The zero-order valence-electron chi connectivity index (χ0n) is 17.6. The highest BCUT2D eigenvalue weighted by Crippen LogP contribution is 2.35. The van der Waals surface area contributed by atoms with Gasteiger partial charge < -0.3 is 15.0 Å². The lowest BCUT2D eigenvalue weighted by Crippen LogP contribution is -2.38. The fourth-order valence-corrected chi connectivity index (χ4v) is 3.19. The first-order valence-electron chi connectivity index (χ1n) is 9.59. The van der Waals surface area contributed by atoms with Crippen LogP contribution < -0.4 is 15.0 Å². The summed E-state index contributed by atoms with van der Waals surface area (Å²) in [4.78, 5) is 26.8. The van der Waals surface area contributed by atoms with E-state index in [0.29, 0.717) is 5.69 Å². The number of hydrogen-bond acceptors (Lipinski definition) is 3. The van der Waals surface area contributed by atoms with E-state index in [9.17, 15) is 9.59 Å². The third kappa shape index (κ3) is 5.12. The minimum Gasteiger partial charge on any atom is -0.497 e. The maximum absolute atomic E-state index is 12.7. The predicted octanol–water partition coefficient (Wildman–Crippen LogP) is 4.93. The van der Waals surface area contributed by atoms with Crippen LogP contribution in [0.2, 0.25) is 0 Å². The van der Waals surface area contributed by atoms with E-state index in [-0.39, 0.29) is 30.2 Å². The molecular formula is C23H30N2O3. The fraction of sp³-hybridized carbons (Fsp3) is 0.391. The number of nitrogens with one attached hydrogen (secondary N) is 1. The van der Waals surface area contributed by atoms with Crippen molar-refractivity contribution in [1.29, 1.82) is 0 Å². The summed E-state index contributed by atoms with van der Waals surface area (Å²) >= 11 is 0. The summed E-state index contributed by atoms with van der Waals surface area (Å²) in [5, 5.41) is 2.86. The van der Waals surface area contributed by atoms with E-state index in [2.05, 4.69) is 33.0 Å². The minimum atomic E-state index is -0.242. The molecule has 0 aliphatic heterocycles. The lowest BCUT2D eigenvalue weighted by Gasteiger charge is -2.29. The van der Waals surface area contributed by atoms with Gasteiger partial charge in [0.15, 0.2) is 0 Å². The number of benzene rings is 2. The molecule has 0 radical (unpaired) electrons. The SMILES string of the molecule is COc1ccc(NC(=O)CN(C(C)=O)c2c(C(C)C)cccc2C(C)C)cc1. The number of para-hydroxylation sites is 1. The number of rotatable bonds is 7. The molecule has 2 amide bonds. The highest BCUT2D eigenvalue weighted by atomic mass is 16.5. The molecular weight excluding hydrogens is 352 g/mol. The average molecular weight is 383 g/mol. The molecule has 0 aromatic heterocycles. The topological polar surface area (TPSA) is 58.6 Å². The van der Waals surface area contributed by atoms with Crippen LogP contribution in [0.1, 0.15) is 57.6 Å². The first-order chi connectivity index (χ1) is 13.2. The first-order valence-corrected chi connectivity index (χ1v) is 9.59. The van der Waals surface area contributed by atoms with E-state index in [1.807, 2.05) is 18.2 Å². The van der Waals surface area contributed by atoms with E-state index >= 15 is 0 Å². The van der Waals surface area contributed by atoms with Crippen molar-refractivity contribution in [3.8, 4) is 5.75 Å². The molecule has 0 saturated carbocycles. The van der Waals surface area contributed by atoms with Crippen LogP contribution in [0.3, 0.4) is 0 Å². The zero-order chi connectivity index (χ0) is 20.8. The van der Waals surface area contributed by atoms with Crippen molar-refractivity contribution >= 4 is 23.2 Å². The van der Waals surface area contributed by atoms with Gasteiger partial charge in [-0.15, -0.1) is 0 Å². The Morgan fingerprint density at radius 1 is 0.964 bits per heavy atom. The molecule has 0 saturated heterocycles. The van der Waals surface area contributed by atoms with E-state index in [0.717, 1.165) is 22.6 Å². The summed E-state index contributed by atoms with van der Waals surface area (Å²) < 4.78 is 5.13. The van der Waals surface area contributed by atoms with Gasteiger partial charge in [0, 0.05) is 12.6 Å². The normalized spacial score (nSPS) is 10.9. The van der Waals surface area contributed by atoms with Gasteiger partial charge in [0.25, 0.3) is 0 Å². The van der Waals surface area contributed by atoms with Gasteiger partial charge in [0.1, 0.15) is 12.3 Å². The Hall–Kier alpha value is -2.82. The molecule has 1 N–H and O–H groups in total. The second-order valence-corrected chi connectivity index (χ2v) is 7.48. The minimum absolute atomic E-state index is 0.0369. The van der Waals surface area contributed by atoms with Crippen LogP contribution in [0.25, 0.3) is 0 Å². The van der Waals surface area contributed by atoms with E-state index in [1.54, 1.807) is 36.3 Å². The maximum Gasteiger partial charge on any atom is 0.244 e. The van der Waals surface area contributed by atoms with Gasteiger partial charge in [-0.2, -0.15) is 0 Å². The molecule has 0 heterocycles. The highest BCUT2D eigenvalue weighted by Gasteiger charge is 2.24. The van der Waals surface area contributed by atoms with Gasteiger partial charge in [0.05, 0.1) is 12.8 Å². The highest BCUT2D eigenvalue weighted by molar-refractivity contribution is 6.02. The number of ether oxygens (including phenoxy) is 1. The Labute approximate surface area is 167 Å². The van der Waals surface area contributed by atoms with Crippen LogP contribution in [-0.2, 0) is 9.59 Å². The second-order valence-electron chi connectivity index (χ2n) is 7.48. The third-order valence-electron chi connectivity index (χ3n) is 4.67. The van der Waals surface area contributed by atoms with Gasteiger partial charge in [-0.25, -0.2) is 0 Å². The van der Waals surface area contributed by atoms with Crippen LogP contribution in [0.5, 0.6) is 5.75 Å². The molecule has 2 aromatic carbocycles. The van der Waals surface area contributed by atoms with Gasteiger partial charge >= 0.3 is 0 Å². The lowest BCUT2D eigenvalue weighted by atomic mass is 9.91. The molecule has 0 aliphatic carbocycles. The molecule has 2 rings (SSSR count). The molecule has 0 bridgehead atoms. The van der Waals surface area contributed by atoms with Gasteiger partial charge in [-0.1, -0.05) is 45.9 Å². The number of carbonyl (C=O) groups excluding carboxylic acids is 2. The Bertz CT molecular complexity index is 800. The number of methoxy groups -OCH3 is 1.